The van der Waals surface area contributed by atoms with Crippen molar-refractivity contribution in [2.75, 3.05) is 0 Å². The Bertz CT molecular complexity index is 464. The monoisotopic (exact) mass is 250 g/mol. The van der Waals surface area contributed by atoms with E-state index in [0.29, 0.717) is 0 Å². The molecule has 1 rings (SSSR count). The van der Waals surface area contributed by atoms with Crippen LogP contribution in [0, 0.1) is 0 Å². The lowest BCUT2D eigenvalue weighted by Crippen LogP contribution is -2.55. The smallest absolute Gasteiger partial charge is 0.368 e. The number of alkyl halides is 3. The Morgan fingerprint density at radius 1 is 1.41 bits per heavy atom. The first-order valence-corrected chi connectivity index (χ1v) is 4.33. The Morgan fingerprint density at radius 2 is 1.94 bits per heavy atom. The van der Waals surface area contributed by atoms with E-state index >= 15 is 0 Å². The number of aromatic amines is 1. The van der Waals surface area contributed by atoms with Crippen LogP contribution in [0.2, 0.25) is 0 Å². The number of carbonyl (C=O) groups is 2. The molecule has 9 heteroatoms. The van der Waals surface area contributed by atoms with E-state index in [1.165, 1.54) is 0 Å². The minimum atomic E-state index is -4.82. The number of carbonyl (C=O) groups excluding carboxylic acids is 2. The Hall–Kier alpha value is -1.90. The minimum Gasteiger partial charge on any atom is -0.368 e. The second-order valence-corrected chi connectivity index (χ2v) is 3.54. The van der Waals surface area contributed by atoms with Crippen LogP contribution >= 0.6 is 0 Å². The largest absolute Gasteiger partial charge is 0.435 e. The number of Topliss-reactive ketones (excluding diaryl/α,β-unsaturated/α-hetero) is 1. The highest BCUT2D eigenvalue weighted by atomic mass is 19.4. The van der Waals surface area contributed by atoms with Gasteiger partial charge < -0.3 is 11.5 Å². The summed E-state index contributed by atoms with van der Waals surface area (Å²) >= 11 is 0. The molecule has 1 heterocycles. The first-order chi connectivity index (χ1) is 7.58. The molecule has 0 saturated carbocycles. The van der Waals surface area contributed by atoms with Crippen LogP contribution in [0.1, 0.15) is 23.0 Å². The molecule has 1 aromatic rings. The maximum Gasteiger partial charge on any atom is 0.435 e. The van der Waals surface area contributed by atoms with E-state index < -0.39 is 34.7 Å². The number of nitrogens with two attached hydrogens (primary N) is 2. The van der Waals surface area contributed by atoms with Crippen LogP contribution in [0.25, 0.3) is 0 Å². The fourth-order valence-corrected chi connectivity index (χ4v) is 1.07. The van der Waals surface area contributed by atoms with Gasteiger partial charge in [-0.3, -0.25) is 14.7 Å². The molecule has 6 nitrogen and oxygen atoms in total. The van der Waals surface area contributed by atoms with Gasteiger partial charge in [0.05, 0.1) is 5.56 Å². The molecule has 0 aliphatic carbocycles. The number of nitrogens with one attached hydrogen (secondary N) is 1. The van der Waals surface area contributed by atoms with Gasteiger partial charge in [0.15, 0.2) is 17.0 Å². The fraction of sp³-hybridized carbons (Fsp3) is 0.375. The molecule has 1 amide bonds. The minimum absolute atomic E-state index is 0.721. The van der Waals surface area contributed by atoms with Gasteiger partial charge in [-0.1, -0.05) is 0 Å². The van der Waals surface area contributed by atoms with Crippen molar-refractivity contribution in [1.82, 2.24) is 10.2 Å². The van der Waals surface area contributed by atoms with E-state index in [9.17, 15) is 22.8 Å². The third-order valence-electron chi connectivity index (χ3n) is 2.14. The molecule has 5 N–H and O–H groups in total. The van der Waals surface area contributed by atoms with E-state index in [0.717, 1.165) is 13.1 Å². The maximum atomic E-state index is 12.4. The Kier molecular flexibility index (Phi) is 2.97. The van der Waals surface area contributed by atoms with Crippen molar-refractivity contribution in [2.24, 2.45) is 11.5 Å². The summed E-state index contributed by atoms with van der Waals surface area (Å²) in [6, 6.07) is 0. The first-order valence-electron chi connectivity index (χ1n) is 4.33. The Labute approximate surface area is 93.2 Å². The van der Waals surface area contributed by atoms with Crippen LogP contribution in [-0.2, 0) is 11.0 Å². The lowest BCUT2D eigenvalue weighted by atomic mass is 9.92. The first kappa shape index (κ1) is 13.2. The summed E-state index contributed by atoms with van der Waals surface area (Å²) in [5.41, 5.74) is 5.65. The summed E-state index contributed by atoms with van der Waals surface area (Å²) in [5.74, 6) is -2.47. The van der Waals surface area contributed by atoms with Crippen molar-refractivity contribution in [2.45, 2.75) is 18.6 Å². The number of aromatic nitrogens is 2. The average Bonchev–Trinajstić information content (AvgIpc) is 2.63. The molecular weight excluding hydrogens is 241 g/mol. The van der Waals surface area contributed by atoms with E-state index in [2.05, 4.69) is 5.10 Å². The van der Waals surface area contributed by atoms with Crippen LogP contribution in [-0.4, -0.2) is 27.4 Å². The zero-order valence-electron chi connectivity index (χ0n) is 8.63. The van der Waals surface area contributed by atoms with E-state index in [4.69, 9.17) is 11.5 Å². The standard InChI is InChI=1S/C8H9F3N4O2/c1-7(13,6(12)17)5(16)3-2-14-15-4(3)8(9,10)11/h2H,13H2,1H3,(H2,12,17)(H,14,15)/t7-/m0/s1. The number of H-pyrrole nitrogens is 1. The molecule has 0 aromatic carbocycles. The molecule has 0 fully saturated rings. The molecule has 0 unspecified atom stereocenters. The van der Waals surface area contributed by atoms with Crippen LogP contribution in [0.4, 0.5) is 13.2 Å². The number of primary amides is 1. The number of halogens is 3. The molecule has 94 valence electrons. The van der Waals surface area contributed by atoms with Gasteiger partial charge in [-0.05, 0) is 6.92 Å². The van der Waals surface area contributed by atoms with Crippen molar-refractivity contribution >= 4 is 11.7 Å². The molecule has 0 radical (unpaired) electrons. The normalized spacial score (nSPS) is 15.4. The molecule has 1 aromatic heterocycles. The predicted molar refractivity (Wildman–Crippen MR) is 49.7 cm³/mol. The van der Waals surface area contributed by atoms with E-state index in [1.807, 2.05) is 5.10 Å². The lowest BCUT2D eigenvalue weighted by Gasteiger charge is -2.18. The number of amides is 1. The van der Waals surface area contributed by atoms with Crippen LogP contribution in [0.5, 0.6) is 0 Å². The van der Waals surface area contributed by atoms with Crippen LogP contribution in [0.3, 0.4) is 0 Å². The number of nitrogens with zero attached hydrogens (tertiary/aromatic N) is 1. The van der Waals surface area contributed by atoms with Crippen molar-refractivity contribution in [1.29, 1.82) is 0 Å². The third kappa shape index (κ3) is 2.28. The summed E-state index contributed by atoms with van der Waals surface area (Å²) in [7, 11) is 0. The third-order valence-corrected chi connectivity index (χ3v) is 2.14. The number of rotatable bonds is 3. The van der Waals surface area contributed by atoms with Gasteiger partial charge in [-0.15, -0.1) is 0 Å². The Morgan fingerprint density at radius 3 is 2.35 bits per heavy atom. The van der Waals surface area contributed by atoms with Gasteiger partial charge in [0.25, 0.3) is 0 Å². The van der Waals surface area contributed by atoms with Gasteiger partial charge in [0.2, 0.25) is 5.91 Å². The summed E-state index contributed by atoms with van der Waals surface area (Å²) in [6.45, 7) is 0.935. The molecule has 0 aliphatic heterocycles. The van der Waals surface area contributed by atoms with E-state index in [1.54, 1.807) is 0 Å². The summed E-state index contributed by atoms with van der Waals surface area (Å²) in [4.78, 5) is 22.5. The summed E-state index contributed by atoms with van der Waals surface area (Å²) in [5, 5.41) is 4.80. The quantitative estimate of drug-likeness (QED) is 0.509. The van der Waals surface area contributed by atoms with Gasteiger partial charge in [0, 0.05) is 6.20 Å². The van der Waals surface area contributed by atoms with Gasteiger partial charge in [-0.2, -0.15) is 18.3 Å². The molecule has 0 saturated heterocycles. The van der Waals surface area contributed by atoms with Crippen LogP contribution < -0.4 is 11.5 Å². The topological polar surface area (TPSA) is 115 Å². The number of hydrogen-bond acceptors (Lipinski definition) is 4. The van der Waals surface area contributed by atoms with Gasteiger partial charge >= 0.3 is 6.18 Å². The molecule has 17 heavy (non-hydrogen) atoms. The highest BCUT2D eigenvalue weighted by molar-refractivity contribution is 6.17. The van der Waals surface area contributed by atoms with Crippen molar-refractivity contribution in [3.05, 3.63) is 17.5 Å². The number of hydrogen-bond donors (Lipinski definition) is 3. The lowest BCUT2D eigenvalue weighted by molar-refractivity contribution is -0.141. The van der Waals surface area contributed by atoms with Crippen molar-refractivity contribution < 1.29 is 22.8 Å². The van der Waals surface area contributed by atoms with Crippen molar-refractivity contribution in [3.63, 3.8) is 0 Å². The number of ketones is 1. The Balaban J connectivity index is 3.24. The van der Waals surface area contributed by atoms with Gasteiger partial charge in [-0.25, -0.2) is 0 Å². The SMILES string of the molecule is C[C@@](N)(C(N)=O)C(=O)c1c[nH]nc1C(F)(F)F. The van der Waals surface area contributed by atoms with Crippen LogP contribution in [0.15, 0.2) is 6.20 Å². The van der Waals surface area contributed by atoms with Gasteiger partial charge in [0.1, 0.15) is 0 Å². The zero-order valence-corrected chi connectivity index (χ0v) is 8.63. The summed E-state index contributed by atoms with van der Waals surface area (Å²) < 4.78 is 37.3. The highest BCUT2D eigenvalue weighted by Gasteiger charge is 2.43. The molecule has 0 aliphatic rings. The molecule has 1 atom stereocenters. The second kappa shape index (κ2) is 3.84. The molecule has 0 bridgehead atoms. The summed E-state index contributed by atoms with van der Waals surface area (Å²) in [6.07, 6.45) is -4.10. The predicted octanol–water partition coefficient (Wildman–Crippen LogP) is -0.186. The molecule has 0 spiro atoms. The molecular formula is C8H9F3N4O2. The average molecular weight is 250 g/mol. The maximum absolute atomic E-state index is 12.4. The van der Waals surface area contributed by atoms with Crippen molar-refractivity contribution in [3.8, 4) is 0 Å². The van der Waals surface area contributed by atoms with E-state index in [-0.39, 0.29) is 0 Å². The second-order valence-electron chi connectivity index (χ2n) is 3.54. The highest BCUT2D eigenvalue weighted by Crippen LogP contribution is 2.31. The zero-order chi connectivity index (χ0) is 13.4. The fourth-order valence-electron chi connectivity index (χ4n) is 1.07.